The molecule has 5 nitrogen and oxygen atoms in total. The molecular weight excluding hydrogens is 240 g/mol. The van der Waals surface area contributed by atoms with E-state index in [9.17, 15) is 4.79 Å². The van der Waals surface area contributed by atoms with Gasteiger partial charge in [-0.3, -0.25) is 4.79 Å². The summed E-state index contributed by atoms with van der Waals surface area (Å²) in [7, 11) is 3.61. The van der Waals surface area contributed by atoms with E-state index >= 15 is 0 Å². The van der Waals surface area contributed by atoms with Gasteiger partial charge in [0.05, 0.1) is 13.0 Å². The number of amides is 1. The van der Waals surface area contributed by atoms with Crippen LogP contribution in [-0.4, -0.2) is 22.5 Å². The molecule has 0 aliphatic heterocycles. The van der Waals surface area contributed by atoms with Crippen LogP contribution < -0.4 is 10.6 Å². The maximum absolute atomic E-state index is 11.2. The molecule has 0 saturated carbocycles. The third-order valence-electron chi connectivity index (χ3n) is 2.97. The predicted octanol–water partition coefficient (Wildman–Crippen LogP) is 1.32. The highest BCUT2D eigenvalue weighted by Crippen LogP contribution is 2.11. The minimum absolute atomic E-state index is 0.0220. The molecule has 0 spiro atoms. The number of anilines is 1. The van der Waals surface area contributed by atoms with Crippen molar-refractivity contribution >= 4 is 11.6 Å². The number of nitrogens with zero attached hydrogens (tertiary/aromatic N) is 2. The van der Waals surface area contributed by atoms with Crippen LogP contribution >= 0.6 is 0 Å². The first kappa shape index (κ1) is 13.1. The van der Waals surface area contributed by atoms with Gasteiger partial charge in [-0.1, -0.05) is 12.1 Å². The molecule has 1 aromatic carbocycles. The van der Waals surface area contributed by atoms with E-state index in [1.165, 1.54) is 0 Å². The van der Waals surface area contributed by atoms with E-state index in [4.69, 9.17) is 0 Å². The quantitative estimate of drug-likeness (QED) is 0.850. The van der Waals surface area contributed by atoms with Crippen LogP contribution in [0.25, 0.3) is 0 Å². The summed E-state index contributed by atoms with van der Waals surface area (Å²) in [6.07, 6.45) is 4.11. The van der Waals surface area contributed by atoms with Crippen molar-refractivity contribution in [3.63, 3.8) is 0 Å². The Kier molecular flexibility index (Phi) is 4.18. The largest absolute Gasteiger partial charge is 0.378 e. The van der Waals surface area contributed by atoms with Gasteiger partial charge in [0.25, 0.3) is 0 Å². The highest BCUT2D eigenvalue weighted by atomic mass is 16.1. The van der Waals surface area contributed by atoms with E-state index in [2.05, 4.69) is 15.6 Å². The van der Waals surface area contributed by atoms with Crippen molar-refractivity contribution in [1.29, 1.82) is 0 Å². The number of hydrogen-bond acceptors (Lipinski definition) is 3. The molecular formula is C14H18N4O. The second-order valence-electron chi connectivity index (χ2n) is 4.35. The highest BCUT2D eigenvalue weighted by molar-refractivity contribution is 5.78. The lowest BCUT2D eigenvalue weighted by Crippen LogP contribution is -2.19. The SMILES string of the molecule is CNC(=O)Cc1ccc(NCc2nccn2C)cc1. The zero-order valence-corrected chi connectivity index (χ0v) is 11.2. The molecule has 1 amide bonds. The summed E-state index contributed by atoms with van der Waals surface area (Å²) in [6.45, 7) is 0.679. The van der Waals surface area contributed by atoms with E-state index in [1.54, 1.807) is 13.2 Å². The van der Waals surface area contributed by atoms with Crippen LogP contribution in [0.4, 0.5) is 5.69 Å². The highest BCUT2D eigenvalue weighted by Gasteiger charge is 2.02. The molecule has 0 unspecified atom stereocenters. The Bertz CT molecular complexity index is 545. The summed E-state index contributed by atoms with van der Waals surface area (Å²) in [6, 6.07) is 7.86. The van der Waals surface area contributed by atoms with Crippen molar-refractivity contribution in [2.45, 2.75) is 13.0 Å². The van der Waals surface area contributed by atoms with Gasteiger partial charge in [-0.15, -0.1) is 0 Å². The second-order valence-corrected chi connectivity index (χ2v) is 4.35. The van der Waals surface area contributed by atoms with Crippen LogP contribution in [-0.2, 0) is 24.8 Å². The Labute approximate surface area is 112 Å². The maximum atomic E-state index is 11.2. The van der Waals surface area contributed by atoms with Crippen molar-refractivity contribution in [3.05, 3.63) is 48.0 Å². The van der Waals surface area contributed by atoms with E-state index in [-0.39, 0.29) is 5.91 Å². The van der Waals surface area contributed by atoms with Crippen molar-refractivity contribution in [1.82, 2.24) is 14.9 Å². The molecule has 0 radical (unpaired) electrons. The Morgan fingerprint density at radius 3 is 2.63 bits per heavy atom. The molecule has 1 aromatic heterocycles. The summed E-state index contributed by atoms with van der Waals surface area (Å²) >= 11 is 0. The van der Waals surface area contributed by atoms with Crippen LogP contribution in [0, 0.1) is 0 Å². The Balaban J connectivity index is 1.92. The van der Waals surface area contributed by atoms with Crippen molar-refractivity contribution in [2.75, 3.05) is 12.4 Å². The summed E-state index contributed by atoms with van der Waals surface area (Å²) in [5.74, 6) is 1.00. The number of likely N-dealkylation sites (N-methyl/N-ethyl adjacent to an activating group) is 1. The van der Waals surface area contributed by atoms with Gasteiger partial charge in [-0.05, 0) is 17.7 Å². The zero-order valence-electron chi connectivity index (χ0n) is 11.2. The van der Waals surface area contributed by atoms with Crippen LogP contribution in [0.1, 0.15) is 11.4 Å². The van der Waals surface area contributed by atoms with Crippen LogP contribution in [0.3, 0.4) is 0 Å². The molecule has 0 bridgehead atoms. The lowest BCUT2D eigenvalue weighted by atomic mass is 10.1. The average molecular weight is 258 g/mol. The summed E-state index contributed by atoms with van der Waals surface area (Å²) in [5, 5.41) is 5.91. The first-order valence-electron chi connectivity index (χ1n) is 6.18. The average Bonchev–Trinajstić information content (AvgIpc) is 2.83. The Morgan fingerprint density at radius 2 is 2.05 bits per heavy atom. The molecule has 5 heteroatoms. The number of carbonyl (C=O) groups excluding carboxylic acids is 1. The van der Waals surface area contributed by atoms with Gasteiger partial charge < -0.3 is 15.2 Å². The topological polar surface area (TPSA) is 59.0 Å². The van der Waals surface area contributed by atoms with Crippen molar-refractivity contribution in [2.24, 2.45) is 7.05 Å². The zero-order chi connectivity index (χ0) is 13.7. The number of benzene rings is 1. The minimum atomic E-state index is 0.0220. The fourth-order valence-electron chi connectivity index (χ4n) is 1.76. The van der Waals surface area contributed by atoms with Gasteiger partial charge in [-0.25, -0.2) is 4.98 Å². The fourth-order valence-corrected chi connectivity index (χ4v) is 1.76. The van der Waals surface area contributed by atoms with Gasteiger partial charge in [0, 0.05) is 32.2 Å². The first-order valence-corrected chi connectivity index (χ1v) is 6.18. The van der Waals surface area contributed by atoms with Gasteiger partial charge in [-0.2, -0.15) is 0 Å². The van der Waals surface area contributed by atoms with E-state index < -0.39 is 0 Å². The normalized spacial score (nSPS) is 10.2. The smallest absolute Gasteiger partial charge is 0.224 e. The van der Waals surface area contributed by atoms with Gasteiger partial charge in [0.15, 0.2) is 0 Å². The Morgan fingerprint density at radius 1 is 1.32 bits per heavy atom. The molecule has 2 aromatic rings. The van der Waals surface area contributed by atoms with E-state index in [0.29, 0.717) is 13.0 Å². The number of nitrogens with one attached hydrogen (secondary N) is 2. The molecule has 19 heavy (non-hydrogen) atoms. The molecule has 100 valence electrons. The van der Waals surface area contributed by atoms with Crippen molar-refractivity contribution < 1.29 is 4.79 Å². The third-order valence-corrected chi connectivity index (χ3v) is 2.97. The van der Waals surface area contributed by atoms with E-state index in [0.717, 1.165) is 17.1 Å². The maximum Gasteiger partial charge on any atom is 0.224 e. The van der Waals surface area contributed by atoms with Crippen LogP contribution in [0.2, 0.25) is 0 Å². The summed E-state index contributed by atoms with van der Waals surface area (Å²) in [4.78, 5) is 15.5. The second kappa shape index (κ2) is 6.04. The van der Waals surface area contributed by atoms with Gasteiger partial charge >= 0.3 is 0 Å². The molecule has 0 saturated heterocycles. The summed E-state index contributed by atoms with van der Waals surface area (Å²) in [5.41, 5.74) is 2.02. The number of carbonyl (C=O) groups is 1. The number of rotatable bonds is 5. The monoisotopic (exact) mass is 258 g/mol. The molecule has 0 atom stereocenters. The molecule has 2 N–H and O–H groups in total. The molecule has 1 heterocycles. The molecule has 0 aliphatic carbocycles. The predicted molar refractivity (Wildman–Crippen MR) is 74.7 cm³/mol. The van der Waals surface area contributed by atoms with Gasteiger partial charge in [0.1, 0.15) is 5.82 Å². The lowest BCUT2D eigenvalue weighted by molar-refractivity contribution is -0.119. The number of hydrogen-bond donors (Lipinski definition) is 2. The van der Waals surface area contributed by atoms with Gasteiger partial charge in [0.2, 0.25) is 5.91 Å². The fraction of sp³-hybridized carbons (Fsp3) is 0.286. The minimum Gasteiger partial charge on any atom is -0.378 e. The molecule has 0 aliphatic rings. The number of aryl methyl sites for hydroxylation is 1. The van der Waals surface area contributed by atoms with Crippen molar-refractivity contribution in [3.8, 4) is 0 Å². The Hall–Kier alpha value is -2.30. The first-order chi connectivity index (χ1) is 9.19. The van der Waals surface area contributed by atoms with Crippen LogP contribution in [0.15, 0.2) is 36.7 Å². The number of imidazole rings is 1. The molecule has 0 fully saturated rings. The summed E-state index contributed by atoms with van der Waals surface area (Å²) < 4.78 is 1.98. The van der Waals surface area contributed by atoms with E-state index in [1.807, 2.05) is 42.1 Å². The standard InChI is InChI=1S/C14H18N4O/c1-15-14(19)9-11-3-5-12(6-4-11)17-10-13-16-7-8-18(13)2/h3-8,17H,9-10H2,1-2H3,(H,15,19). The van der Waals surface area contributed by atoms with Crippen LogP contribution in [0.5, 0.6) is 0 Å². The number of aromatic nitrogens is 2. The third kappa shape index (κ3) is 3.58. The molecule has 2 rings (SSSR count). The lowest BCUT2D eigenvalue weighted by Gasteiger charge is -2.07.